The molecule has 1 spiro atoms. The molecule has 3 heterocycles. The highest BCUT2D eigenvalue weighted by Gasteiger charge is 2.51. The maximum Gasteiger partial charge on any atom is 0.275 e. The molecule has 22 heavy (non-hydrogen) atoms. The highest BCUT2D eigenvalue weighted by molar-refractivity contribution is 8.01. The zero-order valence-corrected chi connectivity index (χ0v) is 13.5. The van der Waals surface area contributed by atoms with Gasteiger partial charge in [-0.3, -0.25) is 4.79 Å². The first kappa shape index (κ1) is 14.6. The molecule has 1 atom stereocenters. The van der Waals surface area contributed by atoms with Crippen LogP contribution in [-0.2, 0) is 4.74 Å². The van der Waals surface area contributed by atoms with Crippen molar-refractivity contribution in [1.82, 2.24) is 9.88 Å². The van der Waals surface area contributed by atoms with Gasteiger partial charge in [-0.25, -0.2) is 4.98 Å². The summed E-state index contributed by atoms with van der Waals surface area (Å²) < 4.78 is 11.2. The van der Waals surface area contributed by atoms with Crippen molar-refractivity contribution < 1.29 is 13.9 Å². The first-order valence-electron chi connectivity index (χ1n) is 8.17. The van der Waals surface area contributed by atoms with E-state index in [2.05, 4.69) is 4.98 Å². The second-order valence-corrected chi connectivity index (χ2v) is 8.33. The summed E-state index contributed by atoms with van der Waals surface area (Å²) >= 11 is 1.98. The lowest BCUT2D eigenvalue weighted by Crippen LogP contribution is -2.60. The minimum absolute atomic E-state index is 0.0182. The molecule has 1 amide bonds. The van der Waals surface area contributed by atoms with Crippen molar-refractivity contribution in [2.24, 2.45) is 5.92 Å². The molecule has 2 saturated heterocycles. The second kappa shape index (κ2) is 5.89. The number of nitrogens with zero attached hydrogens (tertiary/aromatic N) is 2. The molecule has 0 N–H and O–H groups in total. The summed E-state index contributed by atoms with van der Waals surface area (Å²) in [5.74, 6) is 1.84. The van der Waals surface area contributed by atoms with Gasteiger partial charge in [0.1, 0.15) is 6.26 Å². The molecular weight excluding hydrogens is 300 g/mol. The third-order valence-electron chi connectivity index (χ3n) is 5.11. The van der Waals surface area contributed by atoms with Gasteiger partial charge in [0.15, 0.2) is 12.1 Å². The summed E-state index contributed by atoms with van der Waals surface area (Å²) in [6.07, 6.45) is 9.59. The third-order valence-corrected chi connectivity index (χ3v) is 6.69. The molecule has 0 bridgehead atoms. The number of ether oxygens (including phenoxy) is 1. The average Bonchev–Trinajstić information content (AvgIpc) is 3.21. The SMILES string of the molecule is O=C(c1cocn1)N1CC2(C[C@H](OCC3CCCC3)CS2)C1. The predicted octanol–water partition coefficient (Wildman–Crippen LogP) is 2.58. The van der Waals surface area contributed by atoms with Crippen LogP contribution in [0.1, 0.15) is 42.6 Å². The molecule has 1 aromatic heterocycles. The first-order valence-corrected chi connectivity index (χ1v) is 9.16. The van der Waals surface area contributed by atoms with E-state index in [-0.39, 0.29) is 10.7 Å². The van der Waals surface area contributed by atoms with Crippen molar-refractivity contribution in [2.45, 2.75) is 43.0 Å². The van der Waals surface area contributed by atoms with Gasteiger partial charge in [-0.15, -0.1) is 11.8 Å². The average molecular weight is 322 g/mol. The van der Waals surface area contributed by atoms with E-state index in [1.54, 1.807) is 0 Å². The van der Waals surface area contributed by atoms with E-state index in [1.165, 1.54) is 38.3 Å². The van der Waals surface area contributed by atoms with Crippen LogP contribution in [0.3, 0.4) is 0 Å². The predicted molar refractivity (Wildman–Crippen MR) is 83.9 cm³/mol. The van der Waals surface area contributed by atoms with Gasteiger partial charge >= 0.3 is 0 Å². The van der Waals surface area contributed by atoms with Crippen LogP contribution in [0.2, 0.25) is 0 Å². The summed E-state index contributed by atoms with van der Waals surface area (Å²) in [5.41, 5.74) is 0.409. The lowest BCUT2D eigenvalue weighted by molar-refractivity contribution is 0.0196. The molecule has 3 aliphatic rings. The zero-order valence-electron chi connectivity index (χ0n) is 12.7. The number of likely N-dealkylation sites (tertiary alicyclic amines) is 1. The van der Waals surface area contributed by atoms with Gasteiger partial charge in [0.2, 0.25) is 0 Å². The molecular formula is C16H22N2O3S. The van der Waals surface area contributed by atoms with Crippen molar-refractivity contribution in [3.63, 3.8) is 0 Å². The highest BCUT2D eigenvalue weighted by Crippen LogP contribution is 2.46. The fourth-order valence-electron chi connectivity index (χ4n) is 3.85. The fourth-order valence-corrected chi connectivity index (χ4v) is 5.40. The number of oxazole rings is 1. The van der Waals surface area contributed by atoms with Crippen LogP contribution in [0.25, 0.3) is 0 Å². The summed E-state index contributed by atoms with van der Waals surface area (Å²) in [6.45, 7) is 2.56. The van der Waals surface area contributed by atoms with E-state index in [0.717, 1.165) is 37.8 Å². The van der Waals surface area contributed by atoms with E-state index < -0.39 is 0 Å². The molecule has 3 fully saturated rings. The Hall–Kier alpha value is -1.01. The number of amides is 1. The van der Waals surface area contributed by atoms with Crippen molar-refractivity contribution in [2.75, 3.05) is 25.4 Å². The Morgan fingerprint density at radius 3 is 3.00 bits per heavy atom. The van der Waals surface area contributed by atoms with Crippen LogP contribution in [0, 0.1) is 5.92 Å². The number of carbonyl (C=O) groups is 1. The Morgan fingerprint density at radius 1 is 1.45 bits per heavy atom. The van der Waals surface area contributed by atoms with Gasteiger partial charge in [-0.1, -0.05) is 12.8 Å². The smallest absolute Gasteiger partial charge is 0.275 e. The van der Waals surface area contributed by atoms with Crippen LogP contribution in [0.5, 0.6) is 0 Å². The number of hydrogen-bond acceptors (Lipinski definition) is 5. The summed E-state index contributed by atoms with van der Waals surface area (Å²) in [5, 5.41) is 0. The van der Waals surface area contributed by atoms with Crippen LogP contribution in [-0.4, -0.2) is 52.1 Å². The van der Waals surface area contributed by atoms with Crippen LogP contribution in [0.4, 0.5) is 0 Å². The van der Waals surface area contributed by atoms with Crippen LogP contribution >= 0.6 is 11.8 Å². The van der Waals surface area contributed by atoms with Crippen molar-refractivity contribution in [3.05, 3.63) is 18.4 Å². The maximum absolute atomic E-state index is 12.2. The maximum atomic E-state index is 12.2. The second-order valence-electron chi connectivity index (χ2n) is 6.84. The number of carbonyl (C=O) groups excluding carboxylic acids is 1. The highest BCUT2D eigenvalue weighted by atomic mass is 32.2. The van der Waals surface area contributed by atoms with E-state index in [4.69, 9.17) is 9.15 Å². The Morgan fingerprint density at radius 2 is 2.27 bits per heavy atom. The number of rotatable bonds is 4. The minimum atomic E-state index is -0.0182. The molecule has 120 valence electrons. The summed E-state index contributed by atoms with van der Waals surface area (Å²) in [7, 11) is 0. The summed E-state index contributed by atoms with van der Waals surface area (Å²) in [4.78, 5) is 18.0. The molecule has 1 saturated carbocycles. The number of thioether (sulfide) groups is 1. The van der Waals surface area contributed by atoms with Gasteiger partial charge in [0.25, 0.3) is 5.91 Å². The number of aromatic nitrogens is 1. The minimum Gasteiger partial charge on any atom is -0.451 e. The Labute approximate surface area is 134 Å². The molecule has 0 unspecified atom stereocenters. The third kappa shape index (κ3) is 2.78. The zero-order chi connectivity index (χ0) is 15.0. The molecule has 0 radical (unpaired) electrons. The normalized spacial score (nSPS) is 27.5. The van der Waals surface area contributed by atoms with E-state index in [9.17, 15) is 4.79 Å². The molecule has 2 aliphatic heterocycles. The lowest BCUT2D eigenvalue weighted by Gasteiger charge is -2.47. The Kier molecular flexibility index (Phi) is 3.90. The monoisotopic (exact) mass is 322 g/mol. The number of hydrogen-bond donors (Lipinski definition) is 0. The summed E-state index contributed by atoms with van der Waals surface area (Å²) in [6, 6.07) is 0. The molecule has 5 nitrogen and oxygen atoms in total. The van der Waals surface area contributed by atoms with Crippen molar-refractivity contribution in [3.8, 4) is 0 Å². The Bertz CT molecular complexity index is 522. The standard InChI is InChI=1S/C16H22N2O3S/c19-15(14-7-20-11-17-14)18-9-16(10-18)5-13(8-22-16)21-6-12-3-1-2-4-12/h7,11-13H,1-6,8-10H2/t13-/m0/s1. The molecule has 1 aromatic rings. The van der Waals surface area contributed by atoms with Crippen molar-refractivity contribution >= 4 is 17.7 Å². The molecule has 1 aliphatic carbocycles. The van der Waals surface area contributed by atoms with Crippen LogP contribution < -0.4 is 0 Å². The van der Waals surface area contributed by atoms with Gasteiger partial charge < -0.3 is 14.1 Å². The van der Waals surface area contributed by atoms with E-state index in [1.807, 2.05) is 16.7 Å². The molecule has 0 aromatic carbocycles. The van der Waals surface area contributed by atoms with Crippen LogP contribution in [0.15, 0.2) is 17.1 Å². The van der Waals surface area contributed by atoms with Crippen molar-refractivity contribution in [1.29, 1.82) is 0 Å². The fraction of sp³-hybridized carbons (Fsp3) is 0.750. The molecule has 6 heteroatoms. The molecule has 4 rings (SSSR count). The lowest BCUT2D eigenvalue weighted by atomic mass is 9.92. The quantitative estimate of drug-likeness (QED) is 0.853. The largest absolute Gasteiger partial charge is 0.451 e. The van der Waals surface area contributed by atoms with E-state index >= 15 is 0 Å². The topological polar surface area (TPSA) is 55.6 Å². The van der Waals surface area contributed by atoms with Gasteiger partial charge in [-0.2, -0.15) is 0 Å². The van der Waals surface area contributed by atoms with E-state index in [0.29, 0.717) is 11.8 Å². The van der Waals surface area contributed by atoms with Gasteiger partial charge in [-0.05, 0) is 25.2 Å². The Balaban J connectivity index is 1.24. The van der Waals surface area contributed by atoms with Gasteiger partial charge in [0.05, 0.1) is 10.9 Å². The first-order chi connectivity index (χ1) is 10.7. The van der Waals surface area contributed by atoms with Gasteiger partial charge in [0, 0.05) is 25.4 Å².